The molecule has 1 nitrogen and oxygen atoms in total. The number of aliphatic hydroxyl groups excluding tert-OH is 1. The molecule has 4 heteroatoms. The third-order valence-corrected chi connectivity index (χ3v) is 4.02. The fourth-order valence-electron chi connectivity index (χ4n) is 2.20. The van der Waals surface area contributed by atoms with Crippen molar-refractivity contribution in [2.75, 3.05) is 6.61 Å². The first-order valence-corrected chi connectivity index (χ1v) is 7.51. The molecule has 1 unspecified atom stereocenters. The van der Waals surface area contributed by atoms with E-state index in [-0.39, 0.29) is 12.5 Å². The van der Waals surface area contributed by atoms with Crippen LogP contribution in [0.25, 0.3) is 0 Å². The summed E-state index contributed by atoms with van der Waals surface area (Å²) in [6.07, 6.45) is 1.47. The summed E-state index contributed by atoms with van der Waals surface area (Å²) in [4.78, 5) is 0. The monoisotopic (exact) mass is 328 g/mol. The summed E-state index contributed by atoms with van der Waals surface area (Å²) in [6.45, 7) is 0.103. The Bertz CT molecular complexity index is 584. The van der Waals surface area contributed by atoms with Crippen LogP contribution in [0, 0.1) is 5.92 Å². The van der Waals surface area contributed by atoms with Gasteiger partial charge in [-0.25, -0.2) is 0 Å². The first-order chi connectivity index (χ1) is 9.58. The van der Waals surface area contributed by atoms with E-state index in [1.54, 1.807) is 6.07 Å². The van der Waals surface area contributed by atoms with Crippen LogP contribution in [0.2, 0.25) is 15.1 Å². The molecule has 0 saturated heterocycles. The molecule has 1 N–H and O–H groups in total. The first kappa shape index (κ1) is 15.7. The minimum atomic E-state index is 0.103. The van der Waals surface area contributed by atoms with Crippen LogP contribution in [0.4, 0.5) is 0 Å². The minimum absolute atomic E-state index is 0.103. The quantitative estimate of drug-likeness (QED) is 0.814. The zero-order valence-corrected chi connectivity index (χ0v) is 13.1. The number of rotatable bonds is 5. The highest BCUT2D eigenvalue weighted by molar-refractivity contribution is 6.35. The van der Waals surface area contributed by atoms with Gasteiger partial charge in [-0.2, -0.15) is 0 Å². The molecule has 0 aliphatic rings. The number of aliphatic hydroxyl groups is 1. The third kappa shape index (κ3) is 4.39. The van der Waals surface area contributed by atoms with E-state index < -0.39 is 0 Å². The Hall–Kier alpha value is -0.730. The Labute approximate surface area is 134 Å². The lowest BCUT2D eigenvalue weighted by molar-refractivity contribution is 0.225. The number of benzene rings is 2. The van der Waals surface area contributed by atoms with Crippen LogP contribution in [0.1, 0.15) is 11.1 Å². The van der Waals surface area contributed by atoms with E-state index in [1.807, 2.05) is 36.4 Å². The predicted molar refractivity (Wildman–Crippen MR) is 85.9 cm³/mol. The Balaban J connectivity index is 2.09. The average Bonchev–Trinajstić information content (AvgIpc) is 2.41. The number of hydrogen-bond donors (Lipinski definition) is 1. The van der Waals surface area contributed by atoms with Crippen molar-refractivity contribution in [3.63, 3.8) is 0 Å². The first-order valence-electron chi connectivity index (χ1n) is 6.37. The summed E-state index contributed by atoms with van der Waals surface area (Å²) in [5.41, 5.74) is 2.11. The molecule has 0 aliphatic heterocycles. The number of halogens is 3. The molecule has 0 radical (unpaired) electrons. The fraction of sp³-hybridized carbons (Fsp3) is 0.250. The second-order valence-electron chi connectivity index (χ2n) is 4.82. The van der Waals surface area contributed by atoms with E-state index in [9.17, 15) is 5.11 Å². The van der Waals surface area contributed by atoms with Gasteiger partial charge < -0.3 is 5.11 Å². The molecule has 2 aromatic carbocycles. The minimum Gasteiger partial charge on any atom is -0.396 e. The fourth-order valence-corrected chi connectivity index (χ4v) is 2.90. The molecule has 0 amide bonds. The summed E-state index contributed by atoms with van der Waals surface area (Å²) in [5.74, 6) is 0.104. The van der Waals surface area contributed by atoms with Crippen LogP contribution in [0.5, 0.6) is 0 Å². The van der Waals surface area contributed by atoms with E-state index in [4.69, 9.17) is 34.8 Å². The molecule has 2 aromatic rings. The lowest BCUT2D eigenvalue weighted by Gasteiger charge is -2.15. The molecule has 0 saturated carbocycles. The average molecular weight is 330 g/mol. The van der Waals surface area contributed by atoms with Crippen molar-refractivity contribution < 1.29 is 5.11 Å². The van der Waals surface area contributed by atoms with Crippen molar-refractivity contribution >= 4 is 34.8 Å². The van der Waals surface area contributed by atoms with Gasteiger partial charge in [0.1, 0.15) is 0 Å². The summed E-state index contributed by atoms with van der Waals surface area (Å²) >= 11 is 18.0. The Kier molecular flexibility index (Phi) is 5.74. The van der Waals surface area contributed by atoms with E-state index in [0.29, 0.717) is 21.5 Å². The molecular formula is C16H15Cl3O. The lowest BCUT2D eigenvalue weighted by Crippen LogP contribution is -2.13. The lowest BCUT2D eigenvalue weighted by atomic mass is 9.93. The highest BCUT2D eigenvalue weighted by atomic mass is 35.5. The topological polar surface area (TPSA) is 20.2 Å². The van der Waals surface area contributed by atoms with Crippen molar-refractivity contribution in [1.29, 1.82) is 0 Å². The van der Waals surface area contributed by atoms with Gasteiger partial charge >= 0.3 is 0 Å². The van der Waals surface area contributed by atoms with Crippen molar-refractivity contribution in [2.24, 2.45) is 5.92 Å². The van der Waals surface area contributed by atoms with Crippen LogP contribution in [-0.4, -0.2) is 11.7 Å². The normalized spacial score (nSPS) is 12.4. The zero-order chi connectivity index (χ0) is 14.5. The smallest absolute Gasteiger partial charge is 0.0465 e. The molecule has 106 valence electrons. The molecule has 0 aliphatic carbocycles. The van der Waals surface area contributed by atoms with Crippen LogP contribution >= 0.6 is 34.8 Å². The van der Waals surface area contributed by atoms with Gasteiger partial charge in [-0.05, 0) is 54.2 Å². The van der Waals surface area contributed by atoms with Gasteiger partial charge in [0, 0.05) is 21.7 Å². The Morgan fingerprint density at radius 3 is 2.30 bits per heavy atom. The molecule has 0 bridgehead atoms. The highest BCUT2D eigenvalue weighted by Gasteiger charge is 2.12. The molecule has 0 fully saturated rings. The Morgan fingerprint density at radius 2 is 1.65 bits per heavy atom. The van der Waals surface area contributed by atoms with E-state index in [0.717, 1.165) is 17.5 Å². The molecular weight excluding hydrogens is 315 g/mol. The second-order valence-corrected chi connectivity index (χ2v) is 6.10. The van der Waals surface area contributed by atoms with Crippen molar-refractivity contribution in [1.82, 2.24) is 0 Å². The van der Waals surface area contributed by atoms with E-state index >= 15 is 0 Å². The van der Waals surface area contributed by atoms with Crippen molar-refractivity contribution in [3.8, 4) is 0 Å². The molecule has 2 rings (SSSR count). The van der Waals surface area contributed by atoms with Gasteiger partial charge in [0.15, 0.2) is 0 Å². The predicted octanol–water partition coefficient (Wildman–Crippen LogP) is 5.04. The van der Waals surface area contributed by atoms with Crippen molar-refractivity contribution in [2.45, 2.75) is 12.8 Å². The summed E-state index contributed by atoms with van der Waals surface area (Å²) in [5, 5.41) is 11.5. The van der Waals surface area contributed by atoms with Gasteiger partial charge in [0.25, 0.3) is 0 Å². The summed E-state index contributed by atoms with van der Waals surface area (Å²) < 4.78 is 0. The Morgan fingerprint density at radius 1 is 0.900 bits per heavy atom. The van der Waals surface area contributed by atoms with Gasteiger partial charge in [0.05, 0.1) is 0 Å². The van der Waals surface area contributed by atoms with Crippen LogP contribution < -0.4 is 0 Å². The zero-order valence-electron chi connectivity index (χ0n) is 10.8. The van der Waals surface area contributed by atoms with Gasteiger partial charge in [0.2, 0.25) is 0 Å². The largest absolute Gasteiger partial charge is 0.396 e. The molecule has 20 heavy (non-hydrogen) atoms. The van der Waals surface area contributed by atoms with Gasteiger partial charge in [-0.3, -0.25) is 0 Å². The maximum Gasteiger partial charge on any atom is 0.0465 e. The summed E-state index contributed by atoms with van der Waals surface area (Å²) in [7, 11) is 0. The third-order valence-electron chi connectivity index (χ3n) is 3.20. The SMILES string of the molecule is OCC(Cc1cccc(Cl)c1)Cc1ccc(Cl)cc1Cl. The maximum absolute atomic E-state index is 9.56. The second kappa shape index (κ2) is 7.33. The molecule has 0 heterocycles. The molecule has 0 aromatic heterocycles. The van der Waals surface area contributed by atoms with Crippen LogP contribution in [-0.2, 0) is 12.8 Å². The van der Waals surface area contributed by atoms with Crippen LogP contribution in [0.15, 0.2) is 42.5 Å². The van der Waals surface area contributed by atoms with Gasteiger partial charge in [-0.1, -0.05) is 53.0 Å². The summed E-state index contributed by atoms with van der Waals surface area (Å²) in [6, 6.07) is 13.1. The maximum atomic E-state index is 9.56. The number of hydrogen-bond acceptors (Lipinski definition) is 1. The molecule has 0 spiro atoms. The standard InChI is InChI=1S/C16H15Cl3O/c17-14-3-1-2-11(8-14)6-12(10-20)7-13-4-5-15(18)9-16(13)19/h1-5,8-9,12,20H,6-7,10H2. The van der Waals surface area contributed by atoms with E-state index in [1.165, 1.54) is 0 Å². The van der Waals surface area contributed by atoms with Gasteiger partial charge in [-0.15, -0.1) is 0 Å². The van der Waals surface area contributed by atoms with Crippen molar-refractivity contribution in [3.05, 3.63) is 68.7 Å². The molecule has 1 atom stereocenters. The van der Waals surface area contributed by atoms with Crippen LogP contribution in [0.3, 0.4) is 0 Å². The van der Waals surface area contributed by atoms with E-state index in [2.05, 4.69) is 0 Å². The highest BCUT2D eigenvalue weighted by Crippen LogP contribution is 2.25.